The number of esters is 2. The molecular formula is C28H23Cl3N4O7S. The zero-order valence-corrected chi connectivity index (χ0v) is 25.2. The van der Waals surface area contributed by atoms with Crippen LogP contribution in [0.25, 0.3) is 0 Å². The van der Waals surface area contributed by atoms with E-state index in [4.69, 9.17) is 49.0 Å². The number of carbonyl (C=O) groups excluding carboxylic acids is 4. The Morgan fingerprint density at radius 1 is 1.02 bits per heavy atom. The molecule has 15 heteroatoms. The lowest BCUT2D eigenvalue weighted by Crippen LogP contribution is -2.70. The molecule has 1 aromatic heterocycles. The molecule has 43 heavy (non-hydrogen) atoms. The summed E-state index contributed by atoms with van der Waals surface area (Å²) in [6.07, 6.45) is 1.10. The fourth-order valence-electron chi connectivity index (χ4n) is 4.44. The zero-order chi connectivity index (χ0) is 30.6. The largest absolute Gasteiger partial charge is 0.455 e. The van der Waals surface area contributed by atoms with Crippen molar-refractivity contribution < 1.29 is 33.4 Å². The normalized spacial score (nSPS) is 18.0. The summed E-state index contributed by atoms with van der Waals surface area (Å²) in [4.78, 5) is 59.8. The Kier molecular flexibility index (Phi) is 9.50. The van der Waals surface area contributed by atoms with Gasteiger partial charge in [-0.15, -0.1) is 11.8 Å². The van der Waals surface area contributed by atoms with Crippen LogP contribution in [0, 0.1) is 0 Å². The molecular weight excluding hydrogens is 643 g/mol. The number of hydrogen-bond acceptors (Lipinski definition) is 9. The van der Waals surface area contributed by atoms with Crippen LogP contribution in [0.4, 0.5) is 4.79 Å². The first-order chi connectivity index (χ1) is 20.6. The third-order valence-electron chi connectivity index (χ3n) is 6.38. The van der Waals surface area contributed by atoms with Gasteiger partial charge in [-0.25, -0.2) is 19.4 Å². The predicted octanol–water partition coefficient (Wildman–Crippen LogP) is 4.53. The number of thioether (sulfide) groups is 1. The molecule has 3 heterocycles. The van der Waals surface area contributed by atoms with Gasteiger partial charge in [0.05, 0.1) is 0 Å². The highest BCUT2D eigenvalue weighted by molar-refractivity contribution is 8.00. The zero-order valence-electron chi connectivity index (χ0n) is 22.1. The minimum atomic E-state index is -1.83. The number of H-pyrrole nitrogens is 1. The van der Waals surface area contributed by atoms with Crippen molar-refractivity contribution in [1.29, 1.82) is 0 Å². The molecule has 1 unspecified atom stereocenters. The van der Waals surface area contributed by atoms with Crippen molar-refractivity contribution in [2.24, 2.45) is 0 Å². The Balaban J connectivity index is 1.41. The number of imidazole rings is 1. The molecule has 0 saturated carbocycles. The van der Waals surface area contributed by atoms with E-state index in [0.29, 0.717) is 16.7 Å². The van der Waals surface area contributed by atoms with E-state index >= 15 is 0 Å². The maximum atomic E-state index is 13.9. The molecule has 2 atom stereocenters. The van der Waals surface area contributed by atoms with Crippen LogP contribution >= 0.6 is 46.6 Å². The number of benzene rings is 2. The number of amides is 2. The highest BCUT2D eigenvalue weighted by atomic mass is 35.6. The fourth-order valence-corrected chi connectivity index (χ4v) is 5.93. The number of carbonyl (C=O) groups is 4. The molecule has 3 aromatic rings. The van der Waals surface area contributed by atoms with Gasteiger partial charge in [-0.2, -0.15) is 0 Å². The van der Waals surface area contributed by atoms with E-state index in [9.17, 15) is 19.2 Å². The van der Waals surface area contributed by atoms with Crippen molar-refractivity contribution in [2.75, 3.05) is 19.0 Å². The third-order valence-corrected chi connectivity index (χ3v) is 8.05. The van der Waals surface area contributed by atoms with Crippen molar-refractivity contribution >= 4 is 70.5 Å². The maximum absolute atomic E-state index is 13.9. The average Bonchev–Trinajstić information content (AvgIpc) is 3.55. The fraction of sp³-hybridized carbons (Fsp3) is 0.250. The summed E-state index contributed by atoms with van der Waals surface area (Å²) in [5.74, 6) is -1.97. The standard InChI is InChI=1S/C28H23Cl3N4O7S/c29-28(30,31)15-41-27(39)34-19-23(36)35-20(18(14-43-24(19)35)13-40-26(38)22-32-11-12-33-22)25(37)42-21(16-7-3-1-4-8-16)17-9-5-2-6-10-17/h1-12,19,21,24H,13-15H2,(H,32,33)(H,34,39)/t19?,24-/m0/s1. The monoisotopic (exact) mass is 664 g/mol. The molecule has 0 bridgehead atoms. The summed E-state index contributed by atoms with van der Waals surface area (Å²) in [5.41, 5.74) is 1.69. The number of alkyl carbamates (subject to hydrolysis) is 1. The number of aromatic amines is 1. The van der Waals surface area contributed by atoms with E-state index in [2.05, 4.69) is 15.3 Å². The summed E-state index contributed by atoms with van der Waals surface area (Å²) in [5, 5.41) is 1.78. The highest BCUT2D eigenvalue weighted by Crippen LogP contribution is 2.42. The number of ether oxygens (including phenoxy) is 3. The molecule has 2 aliphatic heterocycles. The van der Waals surface area contributed by atoms with Gasteiger partial charge in [0, 0.05) is 23.7 Å². The number of β-lactam (4-membered cyclic amide) rings is 1. The highest BCUT2D eigenvalue weighted by Gasteiger charge is 2.55. The Hall–Kier alpha value is -3.71. The van der Waals surface area contributed by atoms with E-state index < -0.39 is 51.9 Å². The van der Waals surface area contributed by atoms with E-state index in [1.807, 2.05) is 60.7 Å². The second kappa shape index (κ2) is 13.3. The lowest BCUT2D eigenvalue weighted by molar-refractivity contribution is -0.153. The predicted molar refractivity (Wildman–Crippen MR) is 158 cm³/mol. The third kappa shape index (κ3) is 7.27. The van der Waals surface area contributed by atoms with Crippen LogP contribution in [0.15, 0.2) is 84.3 Å². The van der Waals surface area contributed by atoms with Gasteiger partial charge in [-0.3, -0.25) is 9.69 Å². The summed E-state index contributed by atoms with van der Waals surface area (Å²) >= 11 is 18.2. The molecule has 11 nitrogen and oxygen atoms in total. The Morgan fingerprint density at radius 3 is 2.26 bits per heavy atom. The number of nitrogens with zero attached hydrogens (tertiary/aromatic N) is 2. The number of rotatable bonds is 9. The number of halogens is 3. The van der Waals surface area contributed by atoms with Crippen LogP contribution in [0.1, 0.15) is 27.8 Å². The molecule has 2 amide bonds. The van der Waals surface area contributed by atoms with Crippen molar-refractivity contribution in [3.05, 3.63) is 101 Å². The van der Waals surface area contributed by atoms with Gasteiger partial charge in [0.15, 0.2) is 6.10 Å². The van der Waals surface area contributed by atoms with Gasteiger partial charge in [-0.1, -0.05) is 95.5 Å². The van der Waals surface area contributed by atoms with Gasteiger partial charge in [0.2, 0.25) is 9.62 Å². The lowest BCUT2D eigenvalue weighted by atomic mass is 10.0. The van der Waals surface area contributed by atoms with Crippen LogP contribution < -0.4 is 5.32 Å². The first kappa shape index (κ1) is 30.7. The quantitative estimate of drug-likeness (QED) is 0.146. The molecule has 1 fully saturated rings. The van der Waals surface area contributed by atoms with Gasteiger partial charge in [0.25, 0.3) is 5.91 Å². The van der Waals surface area contributed by atoms with Crippen LogP contribution in [-0.4, -0.2) is 73.0 Å². The second-order valence-electron chi connectivity index (χ2n) is 9.30. The second-order valence-corrected chi connectivity index (χ2v) is 12.9. The summed E-state index contributed by atoms with van der Waals surface area (Å²) in [6.45, 7) is -0.840. The lowest BCUT2D eigenvalue weighted by Gasteiger charge is -2.49. The van der Waals surface area contributed by atoms with Crippen molar-refractivity contribution in [3.63, 3.8) is 0 Å². The molecule has 2 aliphatic rings. The molecule has 224 valence electrons. The Labute approximate surface area is 264 Å². The van der Waals surface area contributed by atoms with Crippen molar-refractivity contribution in [1.82, 2.24) is 20.2 Å². The van der Waals surface area contributed by atoms with E-state index in [1.165, 1.54) is 29.1 Å². The molecule has 0 radical (unpaired) electrons. The minimum Gasteiger partial charge on any atom is -0.455 e. The summed E-state index contributed by atoms with van der Waals surface area (Å²) in [7, 11) is 0. The van der Waals surface area contributed by atoms with Gasteiger partial charge in [-0.05, 0) is 11.1 Å². The van der Waals surface area contributed by atoms with Crippen LogP contribution in [0.2, 0.25) is 0 Å². The first-order valence-corrected chi connectivity index (χ1v) is 14.9. The summed E-state index contributed by atoms with van der Waals surface area (Å²) in [6, 6.07) is 17.2. The molecule has 2 aromatic carbocycles. The number of aromatic nitrogens is 2. The SMILES string of the molecule is O=C(NC1C(=O)N2C(C(=O)OC(c3ccccc3)c3ccccc3)=C(COC(=O)c3ncc[nH]3)CS[C@@H]12)OCC(Cl)(Cl)Cl. The van der Waals surface area contributed by atoms with Crippen LogP contribution in [0.3, 0.4) is 0 Å². The average molecular weight is 666 g/mol. The molecule has 5 rings (SSSR count). The molecule has 2 N–H and O–H groups in total. The maximum Gasteiger partial charge on any atom is 0.408 e. The number of alkyl halides is 3. The van der Waals surface area contributed by atoms with Crippen molar-refractivity contribution in [2.45, 2.75) is 21.3 Å². The summed E-state index contributed by atoms with van der Waals surface area (Å²) < 4.78 is 14.5. The van der Waals surface area contributed by atoms with Gasteiger partial charge >= 0.3 is 18.0 Å². The van der Waals surface area contributed by atoms with E-state index in [0.717, 1.165) is 0 Å². The molecule has 0 spiro atoms. The Bertz CT molecular complexity index is 1480. The topological polar surface area (TPSA) is 140 Å². The van der Waals surface area contributed by atoms with E-state index in [-0.39, 0.29) is 23.9 Å². The van der Waals surface area contributed by atoms with Gasteiger partial charge in [0.1, 0.15) is 30.3 Å². The Morgan fingerprint density at radius 2 is 1.67 bits per heavy atom. The number of hydrogen-bond donors (Lipinski definition) is 2. The molecule has 0 aliphatic carbocycles. The minimum absolute atomic E-state index is 0.0167. The first-order valence-electron chi connectivity index (χ1n) is 12.8. The van der Waals surface area contributed by atoms with Crippen LogP contribution in [0.5, 0.6) is 0 Å². The smallest absolute Gasteiger partial charge is 0.408 e. The number of nitrogens with one attached hydrogen (secondary N) is 2. The number of fused-ring (bicyclic) bond motifs is 1. The van der Waals surface area contributed by atoms with Crippen molar-refractivity contribution in [3.8, 4) is 0 Å². The van der Waals surface area contributed by atoms with Gasteiger partial charge < -0.3 is 24.5 Å². The van der Waals surface area contributed by atoms with Crippen LogP contribution in [-0.2, 0) is 23.8 Å². The molecule has 1 saturated heterocycles. The van der Waals surface area contributed by atoms with E-state index in [1.54, 1.807) is 0 Å².